The van der Waals surface area contributed by atoms with Gasteiger partial charge in [0.2, 0.25) is 0 Å². The van der Waals surface area contributed by atoms with E-state index in [0.29, 0.717) is 34.2 Å². The van der Waals surface area contributed by atoms with Crippen LogP contribution in [0, 0.1) is 0 Å². The van der Waals surface area contributed by atoms with Gasteiger partial charge in [-0.2, -0.15) is 0 Å². The zero-order chi connectivity index (χ0) is 30.6. The van der Waals surface area contributed by atoms with Gasteiger partial charge in [0.1, 0.15) is 17.2 Å². The van der Waals surface area contributed by atoms with E-state index >= 15 is 0 Å². The molecule has 5 aromatic rings. The summed E-state index contributed by atoms with van der Waals surface area (Å²) in [5, 5.41) is 13.8. The Balaban J connectivity index is 1.71. The van der Waals surface area contributed by atoms with Crippen LogP contribution in [0.2, 0.25) is 0 Å². The van der Waals surface area contributed by atoms with Crippen LogP contribution in [-0.4, -0.2) is 45.2 Å². The van der Waals surface area contributed by atoms with Gasteiger partial charge in [0.25, 0.3) is 10.0 Å². The second-order valence-corrected chi connectivity index (χ2v) is 12.0. The Labute approximate surface area is 251 Å². The summed E-state index contributed by atoms with van der Waals surface area (Å²) in [5.41, 5.74) is 1.06. The molecular weight excluding hydrogens is 564 g/mol. The molecule has 0 saturated heterocycles. The Hall–Kier alpha value is -4.76. The number of unbranched alkanes of at least 4 members (excludes halogenated alkanes) is 2. The zero-order valence-corrected chi connectivity index (χ0v) is 25.1. The van der Waals surface area contributed by atoms with E-state index < -0.39 is 16.1 Å². The number of phenolic OH excluding ortho intramolecular Hbond substituents is 1. The Morgan fingerprint density at radius 3 is 2.26 bits per heavy atom. The van der Waals surface area contributed by atoms with Gasteiger partial charge in [0, 0.05) is 35.5 Å². The standard InChI is InChI=1S/C34H34N2O6S/c1-4-5-10-21-36(2)34(38)42-33-28-14-9-8-13-27(28)30(35-43(39,40)25-18-16-24(41-3)17-19-25)22-29(33)32-26-12-7-6-11-23(26)15-20-31(32)37/h6-9,11-20,22,35,37H,4-5,10,21H2,1-3H3. The van der Waals surface area contributed by atoms with Crippen molar-refractivity contribution in [1.82, 2.24) is 4.90 Å². The van der Waals surface area contributed by atoms with Crippen LogP contribution in [0.1, 0.15) is 26.2 Å². The summed E-state index contributed by atoms with van der Waals surface area (Å²) in [4.78, 5) is 14.9. The van der Waals surface area contributed by atoms with Crippen molar-refractivity contribution in [2.45, 2.75) is 31.1 Å². The molecule has 0 spiro atoms. The number of methoxy groups -OCH3 is 1. The van der Waals surface area contributed by atoms with Crippen molar-refractivity contribution in [2.75, 3.05) is 25.4 Å². The maximum atomic E-state index is 13.6. The van der Waals surface area contributed by atoms with E-state index in [2.05, 4.69) is 11.6 Å². The summed E-state index contributed by atoms with van der Waals surface area (Å²) in [6.07, 6.45) is 2.30. The molecule has 5 rings (SSSR count). The van der Waals surface area contributed by atoms with Crippen LogP contribution < -0.4 is 14.2 Å². The van der Waals surface area contributed by atoms with Gasteiger partial charge in [0.15, 0.2) is 0 Å². The molecular formula is C34H34N2O6S. The molecule has 43 heavy (non-hydrogen) atoms. The number of carbonyl (C=O) groups excluding carboxylic acids is 1. The molecule has 222 valence electrons. The highest BCUT2D eigenvalue weighted by molar-refractivity contribution is 7.92. The maximum Gasteiger partial charge on any atom is 0.415 e. The summed E-state index contributed by atoms with van der Waals surface area (Å²) in [6.45, 7) is 2.62. The van der Waals surface area contributed by atoms with Gasteiger partial charge in [-0.15, -0.1) is 0 Å². The molecule has 0 fully saturated rings. The Morgan fingerprint density at radius 1 is 0.884 bits per heavy atom. The molecule has 0 aliphatic carbocycles. The number of phenols is 1. The van der Waals surface area contributed by atoms with E-state index in [-0.39, 0.29) is 22.1 Å². The number of rotatable bonds is 10. The van der Waals surface area contributed by atoms with Crippen LogP contribution >= 0.6 is 0 Å². The number of ether oxygens (including phenoxy) is 2. The largest absolute Gasteiger partial charge is 0.507 e. The molecule has 0 saturated carbocycles. The second kappa shape index (κ2) is 12.6. The minimum absolute atomic E-state index is 0.0356. The first-order valence-electron chi connectivity index (χ1n) is 14.1. The first-order valence-corrected chi connectivity index (χ1v) is 15.6. The van der Waals surface area contributed by atoms with E-state index in [9.17, 15) is 18.3 Å². The van der Waals surface area contributed by atoms with Crippen molar-refractivity contribution in [3.8, 4) is 28.4 Å². The molecule has 2 N–H and O–H groups in total. The van der Waals surface area contributed by atoms with Gasteiger partial charge in [-0.25, -0.2) is 13.2 Å². The molecule has 0 aromatic heterocycles. The number of amides is 1. The monoisotopic (exact) mass is 598 g/mol. The Kier molecular flexibility index (Phi) is 8.73. The number of hydrogen-bond donors (Lipinski definition) is 2. The quantitative estimate of drug-likeness (QED) is 0.159. The molecule has 5 aromatic carbocycles. The molecule has 0 heterocycles. The number of nitrogens with one attached hydrogen (secondary N) is 1. The maximum absolute atomic E-state index is 13.6. The molecule has 0 bridgehead atoms. The third kappa shape index (κ3) is 6.22. The molecule has 0 unspecified atom stereocenters. The van der Waals surface area contributed by atoms with Crippen LogP contribution in [0.25, 0.3) is 32.7 Å². The number of nitrogens with zero attached hydrogens (tertiary/aromatic N) is 1. The van der Waals surface area contributed by atoms with Crippen LogP contribution in [0.15, 0.2) is 95.9 Å². The van der Waals surface area contributed by atoms with E-state index in [1.54, 1.807) is 61.6 Å². The average Bonchev–Trinajstić information content (AvgIpc) is 3.02. The third-order valence-corrected chi connectivity index (χ3v) is 8.77. The van der Waals surface area contributed by atoms with Gasteiger partial charge in [-0.05, 0) is 53.6 Å². The fourth-order valence-electron chi connectivity index (χ4n) is 5.09. The highest BCUT2D eigenvalue weighted by atomic mass is 32.2. The van der Waals surface area contributed by atoms with E-state index in [1.165, 1.54) is 24.1 Å². The van der Waals surface area contributed by atoms with Crippen molar-refractivity contribution < 1.29 is 27.8 Å². The normalized spacial score (nSPS) is 11.4. The smallest absolute Gasteiger partial charge is 0.415 e. The first kappa shape index (κ1) is 29.7. The Morgan fingerprint density at radius 2 is 1.56 bits per heavy atom. The zero-order valence-electron chi connectivity index (χ0n) is 24.3. The summed E-state index contributed by atoms with van der Waals surface area (Å²) in [5.74, 6) is 0.720. The minimum Gasteiger partial charge on any atom is -0.507 e. The summed E-state index contributed by atoms with van der Waals surface area (Å²) >= 11 is 0. The number of hydrogen-bond acceptors (Lipinski definition) is 6. The van der Waals surface area contributed by atoms with E-state index in [1.807, 2.05) is 24.3 Å². The predicted octanol–water partition coefficient (Wildman–Crippen LogP) is 7.80. The van der Waals surface area contributed by atoms with Gasteiger partial charge in [0.05, 0.1) is 17.7 Å². The lowest BCUT2D eigenvalue weighted by atomic mass is 9.93. The third-order valence-electron chi connectivity index (χ3n) is 7.38. The van der Waals surface area contributed by atoms with Crippen molar-refractivity contribution in [3.05, 3.63) is 91.0 Å². The summed E-state index contributed by atoms with van der Waals surface area (Å²) in [6, 6.07) is 25.7. The molecule has 0 aliphatic rings. The lowest BCUT2D eigenvalue weighted by molar-refractivity contribution is 0.163. The summed E-state index contributed by atoms with van der Waals surface area (Å²) in [7, 11) is -0.831. The van der Waals surface area contributed by atoms with Gasteiger partial charge in [-0.3, -0.25) is 4.72 Å². The molecule has 0 atom stereocenters. The number of carbonyl (C=O) groups is 1. The highest BCUT2D eigenvalue weighted by Crippen LogP contribution is 2.47. The minimum atomic E-state index is -4.03. The van der Waals surface area contributed by atoms with Gasteiger partial charge in [-0.1, -0.05) is 74.4 Å². The molecule has 0 radical (unpaired) electrons. The van der Waals surface area contributed by atoms with Crippen LogP contribution in [0.4, 0.5) is 10.5 Å². The van der Waals surface area contributed by atoms with Crippen molar-refractivity contribution in [1.29, 1.82) is 0 Å². The second-order valence-electron chi connectivity index (χ2n) is 10.3. The topological polar surface area (TPSA) is 105 Å². The Bertz CT molecular complexity index is 1890. The van der Waals surface area contributed by atoms with E-state index in [0.717, 1.165) is 30.0 Å². The van der Waals surface area contributed by atoms with Crippen molar-refractivity contribution in [3.63, 3.8) is 0 Å². The SMILES string of the molecule is CCCCCN(C)C(=O)Oc1c(-c2c(O)ccc3ccccc23)cc(NS(=O)(=O)c2ccc(OC)cc2)c2ccccc12. The fraction of sp³-hybridized carbons (Fsp3) is 0.206. The molecule has 0 aliphatic heterocycles. The highest BCUT2D eigenvalue weighted by Gasteiger charge is 2.25. The fourth-order valence-corrected chi connectivity index (χ4v) is 6.16. The van der Waals surface area contributed by atoms with Crippen LogP contribution in [0.5, 0.6) is 17.2 Å². The van der Waals surface area contributed by atoms with Gasteiger partial charge < -0.3 is 19.5 Å². The van der Waals surface area contributed by atoms with E-state index in [4.69, 9.17) is 9.47 Å². The number of fused-ring (bicyclic) bond motifs is 2. The number of anilines is 1. The lowest BCUT2D eigenvalue weighted by Crippen LogP contribution is -2.30. The van der Waals surface area contributed by atoms with Crippen LogP contribution in [0.3, 0.4) is 0 Å². The van der Waals surface area contributed by atoms with Crippen molar-refractivity contribution in [2.24, 2.45) is 0 Å². The average molecular weight is 599 g/mol. The summed E-state index contributed by atoms with van der Waals surface area (Å²) < 4.78 is 41.1. The number of aromatic hydroxyl groups is 1. The molecule has 9 heteroatoms. The van der Waals surface area contributed by atoms with Crippen molar-refractivity contribution >= 4 is 43.3 Å². The number of sulfonamides is 1. The number of benzene rings is 5. The lowest BCUT2D eigenvalue weighted by Gasteiger charge is -2.22. The van der Waals surface area contributed by atoms with Gasteiger partial charge >= 0.3 is 6.09 Å². The molecule has 8 nitrogen and oxygen atoms in total. The first-order chi connectivity index (χ1) is 20.7. The van der Waals surface area contributed by atoms with Crippen LogP contribution in [-0.2, 0) is 10.0 Å². The predicted molar refractivity (Wildman–Crippen MR) is 171 cm³/mol. The molecule has 1 amide bonds.